The van der Waals surface area contributed by atoms with Gasteiger partial charge in [0.25, 0.3) is 0 Å². The van der Waals surface area contributed by atoms with E-state index in [1.54, 1.807) is 6.92 Å². The number of amides is 1. The summed E-state index contributed by atoms with van der Waals surface area (Å²) in [5, 5.41) is 0. The molecule has 0 radical (unpaired) electrons. The van der Waals surface area contributed by atoms with E-state index in [0.717, 1.165) is 39.4 Å². The number of rotatable bonds is 8. The van der Waals surface area contributed by atoms with Crippen LogP contribution in [0.25, 0.3) is 0 Å². The molecule has 0 aliphatic carbocycles. The van der Waals surface area contributed by atoms with E-state index in [4.69, 9.17) is 4.74 Å². The van der Waals surface area contributed by atoms with Gasteiger partial charge < -0.3 is 9.64 Å². The van der Waals surface area contributed by atoms with Gasteiger partial charge in [0.2, 0.25) is 5.91 Å². The highest BCUT2D eigenvalue weighted by atomic mass is 16.5. The molecule has 1 aliphatic rings. The largest absolute Gasteiger partial charge is 0.382 e. The Hall–Kier alpha value is -0.610. The maximum absolute atomic E-state index is 11.2. The zero-order chi connectivity index (χ0) is 15.2. The Labute approximate surface area is 125 Å². The Balaban J connectivity index is 0.00000172. The fourth-order valence-corrected chi connectivity index (χ4v) is 2.32. The molecule has 4 heteroatoms. The van der Waals surface area contributed by atoms with Gasteiger partial charge in [-0.25, -0.2) is 0 Å². The van der Waals surface area contributed by atoms with Crippen molar-refractivity contribution in [3.8, 4) is 0 Å². The third-order valence-electron chi connectivity index (χ3n) is 3.53. The molecule has 0 aromatic heterocycles. The second-order valence-corrected chi connectivity index (χ2v) is 4.96. The fraction of sp³-hybridized carbons (Fsp3) is 0.938. The fourth-order valence-electron chi connectivity index (χ4n) is 2.32. The highest BCUT2D eigenvalue weighted by molar-refractivity contribution is 5.73. The van der Waals surface area contributed by atoms with Crippen molar-refractivity contribution in [2.24, 2.45) is 0 Å². The zero-order valence-corrected chi connectivity index (χ0v) is 14.0. The molecule has 120 valence electrons. The third kappa shape index (κ3) is 9.32. The first kappa shape index (κ1) is 19.4. The topological polar surface area (TPSA) is 32.8 Å². The van der Waals surface area contributed by atoms with Gasteiger partial charge in [-0.1, -0.05) is 26.7 Å². The molecule has 1 saturated heterocycles. The summed E-state index contributed by atoms with van der Waals surface area (Å²) in [6.45, 7) is 14.5. The monoisotopic (exact) mass is 286 g/mol. The van der Waals surface area contributed by atoms with Gasteiger partial charge in [-0.15, -0.1) is 0 Å². The number of ether oxygens (including phenoxy) is 1. The lowest BCUT2D eigenvalue weighted by Gasteiger charge is -2.34. The van der Waals surface area contributed by atoms with Gasteiger partial charge in [0.05, 0.1) is 0 Å². The summed E-state index contributed by atoms with van der Waals surface area (Å²) in [5.41, 5.74) is 0. The van der Waals surface area contributed by atoms with Gasteiger partial charge in [0.1, 0.15) is 0 Å². The summed E-state index contributed by atoms with van der Waals surface area (Å²) < 4.78 is 5.32. The summed E-state index contributed by atoms with van der Waals surface area (Å²) in [4.78, 5) is 15.6. The summed E-state index contributed by atoms with van der Waals surface area (Å²) in [7, 11) is 0. The molecule has 1 rings (SSSR count). The maximum atomic E-state index is 11.2. The Morgan fingerprint density at radius 2 is 1.60 bits per heavy atom. The minimum Gasteiger partial charge on any atom is -0.382 e. The molecule has 0 aromatic carbocycles. The van der Waals surface area contributed by atoms with Crippen LogP contribution in [0.3, 0.4) is 0 Å². The van der Waals surface area contributed by atoms with Crippen LogP contribution in [0.1, 0.15) is 53.4 Å². The third-order valence-corrected chi connectivity index (χ3v) is 3.53. The second-order valence-electron chi connectivity index (χ2n) is 4.96. The highest BCUT2D eigenvalue weighted by Gasteiger charge is 2.17. The molecule has 1 heterocycles. The molecule has 0 aromatic rings. The molecular weight excluding hydrogens is 252 g/mol. The Morgan fingerprint density at radius 3 is 2.15 bits per heavy atom. The summed E-state index contributed by atoms with van der Waals surface area (Å²) in [5.74, 6) is 0.213. The quantitative estimate of drug-likeness (QED) is 0.643. The van der Waals surface area contributed by atoms with Crippen LogP contribution < -0.4 is 0 Å². The standard InChI is InChI=1S/C14H28N2O2.C2H6/c1-3-18-13-7-5-4-6-8-15-9-11-16(12-10-15)14(2)17;1-2/h3-13H2,1-2H3;1-2H3. The van der Waals surface area contributed by atoms with E-state index in [1.165, 1.54) is 32.2 Å². The van der Waals surface area contributed by atoms with Crippen molar-refractivity contribution < 1.29 is 9.53 Å². The van der Waals surface area contributed by atoms with Crippen LogP contribution >= 0.6 is 0 Å². The molecule has 20 heavy (non-hydrogen) atoms. The molecule has 0 N–H and O–H groups in total. The lowest BCUT2D eigenvalue weighted by atomic mass is 10.2. The molecule has 0 atom stereocenters. The van der Waals surface area contributed by atoms with Gasteiger partial charge in [0, 0.05) is 46.3 Å². The highest BCUT2D eigenvalue weighted by Crippen LogP contribution is 2.06. The van der Waals surface area contributed by atoms with Crippen LogP contribution in [0.5, 0.6) is 0 Å². The van der Waals surface area contributed by atoms with Crippen molar-refractivity contribution in [1.82, 2.24) is 9.80 Å². The molecule has 1 aliphatic heterocycles. The zero-order valence-electron chi connectivity index (χ0n) is 14.0. The molecule has 0 unspecified atom stereocenters. The SMILES string of the molecule is CC.CCOCCCCCCN1CCN(C(C)=O)CC1. The molecule has 0 spiro atoms. The number of piperazine rings is 1. The van der Waals surface area contributed by atoms with Crippen molar-refractivity contribution in [2.45, 2.75) is 53.4 Å². The van der Waals surface area contributed by atoms with Crippen LogP contribution in [0.15, 0.2) is 0 Å². The number of carbonyl (C=O) groups excluding carboxylic acids is 1. The van der Waals surface area contributed by atoms with Crippen LogP contribution in [0, 0.1) is 0 Å². The predicted octanol–water partition coefficient (Wildman–Crippen LogP) is 2.77. The summed E-state index contributed by atoms with van der Waals surface area (Å²) in [6.07, 6.45) is 5.02. The van der Waals surface area contributed by atoms with Crippen LogP contribution in [-0.4, -0.2) is 61.6 Å². The molecule has 4 nitrogen and oxygen atoms in total. The first-order valence-corrected chi connectivity index (χ1v) is 8.29. The van der Waals surface area contributed by atoms with Crippen LogP contribution in [0.4, 0.5) is 0 Å². The van der Waals surface area contributed by atoms with Gasteiger partial charge in [0.15, 0.2) is 0 Å². The minimum absolute atomic E-state index is 0.213. The number of carbonyl (C=O) groups is 1. The van der Waals surface area contributed by atoms with E-state index >= 15 is 0 Å². The van der Waals surface area contributed by atoms with Gasteiger partial charge in [-0.05, 0) is 26.3 Å². The normalized spacial score (nSPS) is 15.7. The molecular formula is C16H34N2O2. The lowest BCUT2D eigenvalue weighted by molar-refractivity contribution is -0.130. The van der Waals surface area contributed by atoms with Crippen LogP contribution in [-0.2, 0) is 9.53 Å². The second kappa shape index (κ2) is 13.4. The Bertz CT molecular complexity index is 227. The Kier molecular flexibility index (Phi) is 13.0. The number of hydrogen-bond donors (Lipinski definition) is 0. The summed E-state index contributed by atoms with van der Waals surface area (Å²) in [6, 6.07) is 0. The van der Waals surface area contributed by atoms with E-state index in [0.29, 0.717) is 0 Å². The van der Waals surface area contributed by atoms with E-state index in [2.05, 4.69) is 4.90 Å². The van der Waals surface area contributed by atoms with Gasteiger partial charge >= 0.3 is 0 Å². The van der Waals surface area contributed by atoms with Crippen molar-refractivity contribution in [3.63, 3.8) is 0 Å². The van der Waals surface area contributed by atoms with E-state index in [-0.39, 0.29) is 5.91 Å². The smallest absolute Gasteiger partial charge is 0.219 e. The molecule has 1 amide bonds. The number of hydrogen-bond acceptors (Lipinski definition) is 3. The first-order chi connectivity index (χ1) is 9.74. The van der Waals surface area contributed by atoms with Gasteiger partial charge in [-0.3, -0.25) is 9.69 Å². The maximum Gasteiger partial charge on any atom is 0.219 e. The lowest BCUT2D eigenvalue weighted by Crippen LogP contribution is -2.48. The average molecular weight is 286 g/mol. The van der Waals surface area contributed by atoms with E-state index in [1.807, 2.05) is 25.7 Å². The minimum atomic E-state index is 0.213. The van der Waals surface area contributed by atoms with E-state index in [9.17, 15) is 4.79 Å². The molecule has 0 bridgehead atoms. The number of nitrogens with zero attached hydrogens (tertiary/aromatic N) is 2. The van der Waals surface area contributed by atoms with E-state index < -0.39 is 0 Å². The van der Waals surface area contributed by atoms with Crippen LogP contribution in [0.2, 0.25) is 0 Å². The van der Waals surface area contributed by atoms with Gasteiger partial charge in [-0.2, -0.15) is 0 Å². The Morgan fingerprint density at radius 1 is 1.00 bits per heavy atom. The van der Waals surface area contributed by atoms with Crippen molar-refractivity contribution >= 4 is 5.91 Å². The first-order valence-electron chi connectivity index (χ1n) is 8.29. The molecule has 1 fully saturated rings. The van der Waals surface area contributed by atoms with Crippen molar-refractivity contribution in [3.05, 3.63) is 0 Å². The predicted molar refractivity (Wildman–Crippen MR) is 85.0 cm³/mol. The number of unbranched alkanes of at least 4 members (excludes halogenated alkanes) is 3. The van der Waals surface area contributed by atoms with Crippen molar-refractivity contribution in [1.29, 1.82) is 0 Å². The average Bonchev–Trinajstić information content (AvgIpc) is 2.49. The van der Waals surface area contributed by atoms with Crippen molar-refractivity contribution in [2.75, 3.05) is 45.9 Å². The summed E-state index contributed by atoms with van der Waals surface area (Å²) >= 11 is 0. The molecule has 0 saturated carbocycles.